The van der Waals surface area contributed by atoms with Gasteiger partial charge in [-0.2, -0.15) is 9.97 Å². The van der Waals surface area contributed by atoms with Crippen molar-refractivity contribution in [1.29, 1.82) is 0 Å². The third-order valence-electron chi connectivity index (χ3n) is 10.7. The SMILES string of the molecule is COc1nccc(-c2cccc(N(CC34CCC(c5nc(C6CC6)no5)(CC3)CC4)C(=O)C34CC(F)(C3)C4)c2)n1. The van der Waals surface area contributed by atoms with Crippen LogP contribution in [-0.4, -0.2) is 45.3 Å². The van der Waals surface area contributed by atoms with Gasteiger partial charge in [-0.3, -0.25) is 4.79 Å². The number of benzene rings is 1. The number of alkyl halides is 1. The van der Waals surface area contributed by atoms with Crippen LogP contribution >= 0.6 is 0 Å². The van der Waals surface area contributed by atoms with E-state index in [1.54, 1.807) is 13.3 Å². The summed E-state index contributed by atoms with van der Waals surface area (Å²) < 4.78 is 25.6. The summed E-state index contributed by atoms with van der Waals surface area (Å²) >= 11 is 0. The number of halogens is 1. The lowest BCUT2D eigenvalue weighted by Crippen LogP contribution is -2.71. The minimum absolute atomic E-state index is 0.0296. The van der Waals surface area contributed by atoms with Crippen molar-refractivity contribution in [3.8, 4) is 17.3 Å². The van der Waals surface area contributed by atoms with E-state index < -0.39 is 11.1 Å². The molecule has 3 aromatic rings. The minimum atomic E-state index is -1.13. The lowest BCUT2D eigenvalue weighted by atomic mass is 9.41. The highest BCUT2D eigenvalue weighted by molar-refractivity contribution is 6.00. The molecule has 0 radical (unpaired) electrons. The molecule has 4 bridgehead atoms. The molecule has 1 aromatic carbocycles. The monoisotopic (exact) mass is 543 g/mol. The molecule has 8 nitrogen and oxygen atoms in total. The highest BCUT2D eigenvalue weighted by Gasteiger charge is 2.73. The van der Waals surface area contributed by atoms with Crippen LogP contribution in [0.3, 0.4) is 0 Å². The van der Waals surface area contributed by atoms with E-state index in [2.05, 4.69) is 15.1 Å². The summed E-state index contributed by atoms with van der Waals surface area (Å²) in [5, 5.41) is 4.30. The van der Waals surface area contributed by atoms with Gasteiger partial charge in [-0.15, -0.1) is 0 Å². The first kappa shape index (κ1) is 24.4. The van der Waals surface area contributed by atoms with Gasteiger partial charge in [0.1, 0.15) is 5.67 Å². The average Bonchev–Trinajstić information content (AvgIpc) is 3.70. The maximum Gasteiger partial charge on any atom is 0.316 e. The second kappa shape index (κ2) is 8.33. The molecule has 0 aliphatic heterocycles. The number of carbonyl (C=O) groups excluding carboxylic acids is 1. The summed E-state index contributed by atoms with van der Waals surface area (Å²) in [7, 11) is 1.55. The maximum atomic E-state index is 14.5. The molecule has 0 saturated heterocycles. The van der Waals surface area contributed by atoms with Gasteiger partial charge in [-0.05, 0) is 94.2 Å². The Morgan fingerprint density at radius 1 is 1.07 bits per heavy atom. The summed E-state index contributed by atoms with van der Waals surface area (Å²) in [6, 6.07) is 10.1. The Labute approximate surface area is 232 Å². The van der Waals surface area contributed by atoms with Crippen LogP contribution in [0, 0.1) is 10.8 Å². The van der Waals surface area contributed by atoms with Gasteiger partial charge >= 0.3 is 6.01 Å². The number of amides is 1. The highest BCUT2D eigenvalue weighted by Crippen LogP contribution is 2.70. The Morgan fingerprint density at radius 3 is 2.50 bits per heavy atom. The number of aromatic nitrogens is 4. The summed E-state index contributed by atoms with van der Waals surface area (Å²) in [5.74, 6) is 2.27. The molecule has 2 heterocycles. The van der Waals surface area contributed by atoms with Crippen LogP contribution in [0.25, 0.3) is 11.3 Å². The number of carbonyl (C=O) groups is 1. The third-order valence-corrected chi connectivity index (χ3v) is 10.7. The fourth-order valence-corrected chi connectivity index (χ4v) is 8.00. The zero-order valence-electron chi connectivity index (χ0n) is 22.9. The van der Waals surface area contributed by atoms with E-state index in [0.717, 1.165) is 80.0 Å². The Morgan fingerprint density at radius 2 is 1.82 bits per heavy atom. The van der Waals surface area contributed by atoms with Gasteiger partial charge in [0.25, 0.3) is 0 Å². The first-order valence-electron chi connectivity index (χ1n) is 14.7. The Balaban J connectivity index is 1.08. The normalized spacial score (nSPS) is 33.6. The van der Waals surface area contributed by atoms with Gasteiger partial charge in [0.2, 0.25) is 11.8 Å². The zero-order chi connectivity index (χ0) is 27.2. The van der Waals surface area contributed by atoms with Gasteiger partial charge in [-0.1, -0.05) is 17.3 Å². The van der Waals surface area contributed by atoms with Gasteiger partial charge in [-0.25, -0.2) is 9.37 Å². The van der Waals surface area contributed by atoms with E-state index in [1.807, 2.05) is 35.2 Å². The predicted molar refractivity (Wildman–Crippen MR) is 145 cm³/mol. The van der Waals surface area contributed by atoms with Crippen molar-refractivity contribution < 1.29 is 18.4 Å². The lowest BCUT2D eigenvalue weighted by Gasteiger charge is -2.65. The van der Waals surface area contributed by atoms with Crippen molar-refractivity contribution in [2.24, 2.45) is 10.8 Å². The molecule has 10 rings (SSSR count). The van der Waals surface area contributed by atoms with Crippen LogP contribution < -0.4 is 9.64 Å². The summed E-state index contributed by atoms with van der Waals surface area (Å²) in [5.41, 5.74) is 0.798. The second-order valence-corrected chi connectivity index (χ2v) is 13.3. The average molecular weight is 544 g/mol. The number of hydrogen-bond acceptors (Lipinski definition) is 7. The van der Waals surface area contributed by atoms with E-state index in [0.29, 0.717) is 37.7 Å². The molecule has 40 heavy (non-hydrogen) atoms. The van der Waals surface area contributed by atoms with E-state index in [-0.39, 0.29) is 16.7 Å². The van der Waals surface area contributed by atoms with Gasteiger partial charge in [0.05, 0.1) is 18.2 Å². The van der Waals surface area contributed by atoms with Crippen LogP contribution in [0.4, 0.5) is 10.1 Å². The molecule has 0 atom stereocenters. The molecule has 7 aliphatic carbocycles. The van der Waals surface area contributed by atoms with Crippen molar-refractivity contribution in [3.63, 3.8) is 0 Å². The fraction of sp³-hybridized carbons (Fsp3) is 0.581. The minimum Gasteiger partial charge on any atom is -0.467 e. The Hall–Kier alpha value is -3.36. The van der Waals surface area contributed by atoms with Crippen LogP contribution in [0.5, 0.6) is 6.01 Å². The highest BCUT2D eigenvalue weighted by atomic mass is 19.1. The first-order valence-corrected chi connectivity index (χ1v) is 14.7. The second-order valence-electron chi connectivity index (χ2n) is 13.3. The Bertz CT molecular complexity index is 1460. The Kier molecular flexibility index (Phi) is 5.09. The van der Waals surface area contributed by atoms with Crippen LogP contribution in [0.15, 0.2) is 41.1 Å². The number of anilines is 1. The molecule has 0 unspecified atom stereocenters. The number of hydrogen-bond donors (Lipinski definition) is 0. The number of nitrogens with zero attached hydrogens (tertiary/aromatic N) is 5. The van der Waals surface area contributed by atoms with E-state index >= 15 is 0 Å². The molecular formula is C31H34FN5O3. The summed E-state index contributed by atoms with van der Waals surface area (Å²) in [6.45, 7) is 0.649. The molecular weight excluding hydrogens is 509 g/mol. The fourth-order valence-electron chi connectivity index (χ4n) is 8.00. The van der Waals surface area contributed by atoms with E-state index in [1.165, 1.54) is 0 Å². The van der Waals surface area contributed by atoms with Crippen molar-refractivity contribution >= 4 is 11.6 Å². The van der Waals surface area contributed by atoms with Crippen LogP contribution in [0.1, 0.15) is 88.3 Å². The molecule has 2 aromatic heterocycles. The molecule has 7 aliphatic rings. The first-order chi connectivity index (χ1) is 19.3. The number of ether oxygens (including phenoxy) is 1. The lowest BCUT2D eigenvalue weighted by molar-refractivity contribution is -0.211. The summed E-state index contributed by atoms with van der Waals surface area (Å²) in [6.07, 6.45) is 11.1. The topological polar surface area (TPSA) is 94.2 Å². The van der Waals surface area contributed by atoms with Crippen molar-refractivity contribution in [1.82, 2.24) is 20.1 Å². The van der Waals surface area contributed by atoms with E-state index in [4.69, 9.17) is 14.2 Å². The van der Waals surface area contributed by atoms with Crippen molar-refractivity contribution in [2.45, 2.75) is 87.6 Å². The van der Waals surface area contributed by atoms with E-state index in [9.17, 15) is 9.18 Å². The standard InChI is InChI=1S/C31H34FN5O3/c1-39-27-33-14-7-23(34-27)21-3-2-4-22(15-21)37(26(38)30-16-31(32,17-30)18-30)19-28-8-11-29(12-9-28,13-10-28)25-35-24(36-40-25)20-5-6-20/h2-4,7,14-15,20H,5-6,8-13,16-19H2,1H3. The quantitative estimate of drug-likeness (QED) is 0.348. The van der Waals surface area contributed by atoms with Crippen molar-refractivity contribution in [3.05, 3.63) is 48.2 Å². The molecule has 7 fully saturated rings. The maximum absolute atomic E-state index is 14.5. The molecule has 0 spiro atoms. The predicted octanol–water partition coefficient (Wildman–Crippen LogP) is 5.93. The van der Waals surface area contributed by atoms with Gasteiger partial charge in [0.15, 0.2) is 5.82 Å². The molecule has 9 heteroatoms. The smallest absolute Gasteiger partial charge is 0.316 e. The third kappa shape index (κ3) is 3.72. The number of methoxy groups -OCH3 is 1. The molecule has 0 N–H and O–H groups in total. The zero-order valence-corrected chi connectivity index (χ0v) is 22.9. The van der Waals surface area contributed by atoms with Crippen LogP contribution in [0.2, 0.25) is 0 Å². The molecule has 1 amide bonds. The molecule has 7 saturated carbocycles. The summed E-state index contributed by atoms with van der Waals surface area (Å²) in [4.78, 5) is 29.6. The van der Waals surface area contributed by atoms with Crippen LogP contribution in [-0.2, 0) is 10.2 Å². The molecule has 208 valence electrons. The van der Waals surface area contributed by atoms with Gasteiger partial charge < -0.3 is 14.2 Å². The number of rotatable bonds is 8. The largest absolute Gasteiger partial charge is 0.467 e. The number of fused-ring (bicyclic) bond motifs is 3. The van der Waals surface area contributed by atoms with Gasteiger partial charge in [0, 0.05) is 35.3 Å². The van der Waals surface area contributed by atoms with Crippen molar-refractivity contribution in [2.75, 3.05) is 18.6 Å².